The minimum Gasteiger partial charge on any atom is -0.480 e. The van der Waals surface area contributed by atoms with Gasteiger partial charge >= 0.3 is 5.97 Å². The highest BCUT2D eigenvalue weighted by molar-refractivity contribution is 7.80. The van der Waals surface area contributed by atoms with E-state index in [-0.39, 0.29) is 12.2 Å². The van der Waals surface area contributed by atoms with Gasteiger partial charge in [0.15, 0.2) is 0 Å². The molecule has 0 spiro atoms. The summed E-state index contributed by atoms with van der Waals surface area (Å²) in [6.45, 7) is 0.721. The molecule has 4 unspecified atom stereocenters. The van der Waals surface area contributed by atoms with Crippen molar-refractivity contribution in [2.45, 2.75) is 37.6 Å². The summed E-state index contributed by atoms with van der Waals surface area (Å²) in [4.78, 5) is 51.4. The number of fused-ring (bicyclic) bond motifs is 1. The van der Waals surface area contributed by atoms with E-state index in [2.05, 4.69) is 33.6 Å². The molecule has 3 amide bonds. The summed E-state index contributed by atoms with van der Waals surface area (Å²) >= 11 is 4.07. The second-order valence-electron chi connectivity index (χ2n) is 7.25. The Kier molecular flexibility index (Phi) is 9.05. The number of carboxylic acids is 1. The number of aliphatic hydroxyl groups is 1. The first-order valence-electron chi connectivity index (χ1n) is 9.83. The van der Waals surface area contributed by atoms with Crippen LogP contribution in [0.25, 0.3) is 10.9 Å². The molecule has 0 saturated heterocycles. The number of aromatic nitrogens is 1. The van der Waals surface area contributed by atoms with Gasteiger partial charge in [-0.05, 0) is 18.6 Å². The fraction of sp³-hybridized carbons (Fsp3) is 0.400. The van der Waals surface area contributed by atoms with Gasteiger partial charge in [0, 0.05) is 29.3 Å². The molecule has 1 heterocycles. The smallest absolute Gasteiger partial charge is 0.322 e. The average molecular weight is 466 g/mol. The molecule has 2 aromatic rings. The van der Waals surface area contributed by atoms with Crippen molar-refractivity contribution >= 4 is 47.2 Å². The summed E-state index contributed by atoms with van der Waals surface area (Å²) in [5, 5.41) is 26.3. The standard InChI is InChI=1S/C20H27N5O6S/c1-10(26)17(21)20(31)25-15(9-32)19(30)24-14(18(29)23-8-16(27)28)6-11-7-22-13-5-3-2-4-12(11)13/h2-5,7,10,14-15,17,22,26,32H,6,8-9,21H2,1H3,(H,23,29)(H,24,30)(H,25,31)(H,27,28). The van der Waals surface area contributed by atoms with E-state index in [1.165, 1.54) is 6.92 Å². The number of H-pyrrole nitrogens is 1. The summed E-state index contributed by atoms with van der Waals surface area (Å²) in [6, 6.07) is 3.89. The highest BCUT2D eigenvalue weighted by Gasteiger charge is 2.29. The van der Waals surface area contributed by atoms with Gasteiger partial charge in [-0.3, -0.25) is 19.2 Å². The first kappa shape index (κ1) is 25.2. The van der Waals surface area contributed by atoms with Gasteiger partial charge < -0.3 is 36.9 Å². The van der Waals surface area contributed by atoms with E-state index >= 15 is 0 Å². The maximum Gasteiger partial charge on any atom is 0.322 e. The normalized spacial score (nSPS) is 14.8. The lowest BCUT2D eigenvalue weighted by atomic mass is 10.0. The molecule has 0 bridgehead atoms. The van der Waals surface area contributed by atoms with Gasteiger partial charge in [0.25, 0.3) is 0 Å². The maximum absolute atomic E-state index is 12.8. The van der Waals surface area contributed by atoms with Crippen LogP contribution < -0.4 is 21.7 Å². The molecule has 0 aliphatic carbocycles. The van der Waals surface area contributed by atoms with Gasteiger partial charge in [-0.2, -0.15) is 12.6 Å². The summed E-state index contributed by atoms with van der Waals surface area (Å²) < 4.78 is 0. The first-order valence-corrected chi connectivity index (χ1v) is 10.5. The lowest BCUT2D eigenvalue weighted by molar-refractivity contribution is -0.138. The van der Waals surface area contributed by atoms with Crippen molar-refractivity contribution in [3.05, 3.63) is 36.0 Å². The van der Waals surface area contributed by atoms with Gasteiger partial charge in [0.1, 0.15) is 24.7 Å². The average Bonchev–Trinajstić information content (AvgIpc) is 3.17. The Hall–Kier alpha value is -3.09. The fourth-order valence-electron chi connectivity index (χ4n) is 2.97. The molecule has 1 aromatic heterocycles. The van der Waals surface area contributed by atoms with Crippen LogP contribution >= 0.6 is 12.6 Å². The summed E-state index contributed by atoms with van der Waals surface area (Å²) in [7, 11) is 0. The molecule has 0 radical (unpaired) electrons. The van der Waals surface area contributed by atoms with Gasteiger partial charge in [-0.25, -0.2) is 0 Å². The molecule has 11 nitrogen and oxygen atoms in total. The third kappa shape index (κ3) is 6.70. The molecule has 0 aliphatic heterocycles. The number of carboxylic acid groups (broad SMARTS) is 1. The molecule has 0 fully saturated rings. The number of rotatable bonds is 11. The molecule has 8 N–H and O–H groups in total. The maximum atomic E-state index is 12.8. The highest BCUT2D eigenvalue weighted by Crippen LogP contribution is 2.19. The molecule has 32 heavy (non-hydrogen) atoms. The van der Waals surface area contributed by atoms with Crippen molar-refractivity contribution in [2.75, 3.05) is 12.3 Å². The largest absolute Gasteiger partial charge is 0.480 e. The number of amides is 3. The molecule has 1 aromatic carbocycles. The van der Waals surface area contributed by atoms with Gasteiger partial charge in [0.05, 0.1) is 6.10 Å². The van der Waals surface area contributed by atoms with Crippen molar-refractivity contribution < 1.29 is 29.4 Å². The van der Waals surface area contributed by atoms with Crippen molar-refractivity contribution in [1.29, 1.82) is 0 Å². The number of hydrogen-bond donors (Lipinski definition) is 8. The van der Waals surface area contributed by atoms with E-state index < -0.39 is 54.5 Å². The number of carbonyl (C=O) groups excluding carboxylic acids is 3. The topological polar surface area (TPSA) is 187 Å². The van der Waals surface area contributed by atoms with Crippen LogP contribution in [0.4, 0.5) is 0 Å². The van der Waals surface area contributed by atoms with Crippen LogP contribution in [0.1, 0.15) is 12.5 Å². The van der Waals surface area contributed by atoms with E-state index in [0.29, 0.717) is 0 Å². The van der Waals surface area contributed by atoms with Gasteiger partial charge in [-0.1, -0.05) is 18.2 Å². The van der Waals surface area contributed by atoms with Crippen molar-refractivity contribution in [3.63, 3.8) is 0 Å². The number of benzene rings is 1. The van der Waals surface area contributed by atoms with E-state index in [9.17, 15) is 24.3 Å². The summed E-state index contributed by atoms with van der Waals surface area (Å²) in [5.74, 6) is -3.49. The number of nitrogens with one attached hydrogen (secondary N) is 4. The third-order valence-electron chi connectivity index (χ3n) is 4.78. The molecular formula is C20H27N5O6S. The van der Waals surface area contributed by atoms with Crippen LogP contribution in [0.15, 0.2) is 30.5 Å². The Labute approximate surface area is 189 Å². The number of aliphatic hydroxyl groups excluding tert-OH is 1. The van der Waals surface area contributed by atoms with Gasteiger partial charge in [-0.15, -0.1) is 0 Å². The van der Waals surface area contributed by atoms with E-state index in [0.717, 1.165) is 16.5 Å². The third-order valence-corrected chi connectivity index (χ3v) is 5.15. The van der Waals surface area contributed by atoms with Crippen LogP contribution in [0.3, 0.4) is 0 Å². The Bertz CT molecular complexity index is 978. The highest BCUT2D eigenvalue weighted by atomic mass is 32.1. The van der Waals surface area contributed by atoms with E-state index in [1.54, 1.807) is 6.20 Å². The first-order chi connectivity index (χ1) is 15.1. The molecule has 174 valence electrons. The lowest BCUT2D eigenvalue weighted by Gasteiger charge is -2.23. The number of para-hydroxylation sites is 1. The monoisotopic (exact) mass is 465 g/mol. The Morgan fingerprint density at radius 2 is 1.75 bits per heavy atom. The fourth-order valence-corrected chi connectivity index (χ4v) is 3.23. The summed E-state index contributed by atoms with van der Waals surface area (Å²) in [5.41, 5.74) is 7.16. The zero-order valence-corrected chi connectivity index (χ0v) is 18.3. The van der Waals surface area contributed by atoms with E-state index in [4.69, 9.17) is 10.8 Å². The minimum atomic E-state index is -1.24. The molecule has 2 rings (SSSR count). The number of hydrogen-bond acceptors (Lipinski definition) is 7. The Morgan fingerprint density at radius 3 is 2.38 bits per heavy atom. The number of carbonyl (C=O) groups is 4. The zero-order chi connectivity index (χ0) is 23.8. The Balaban J connectivity index is 2.18. The molecule has 0 aliphatic rings. The molecular weight excluding hydrogens is 438 g/mol. The SMILES string of the molecule is CC(O)C(N)C(=O)NC(CS)C(=O)NC(Cc1c[nH]c2ccccc12)C(=O)NCC(=O)O. The number of aromatic amines is 1. The van der Waals surface area contributed by atoms with Crippen LogP contribution in [-0.2, 0) is 25.6 Å². The predicted molar refractivity (Wildman–Crippen MR) is 120 cm³/mol. The van der Waals surface area contributed by atoms with Crippen molar-refractivity contribution in [2.24, 2.45) is 5.73 Å². The molecule has 4 atom stereocenters. The number of nitrogens with two attached hydrogens (primary N) is 1. The van der Waals surface area contributed by atoms with Gasteiger partial charge in [0.2, 0.25) is 17.7 Å². The van der Waals surface area contributed by atoms with Crippen molar-refractivity contribution in [1.82, 2.24) is 20.9 Å². The minimum absolute atomic E-state index is 0.0711. The summed E-state index contributed by atoms with van der Waals surface area (Å²) in [6.07, 6.45) is 0.644. The lowest BCUT2D eigenvalue weighted by Crippen LogP contribution is -2.58. The predicted octanol–water partition coefficient (Wildman–Crippen LogP) is -1.48. The number of aliphatic carboxylic acids is 1. The van der Waals surface area contributed by atoms with E-state index in [1.807, 2.05) is 24.3 Å². The second-order valence-corrected chi connectivity index (χ2v) is 7.61. The number of thiol groups is 1. The molecule has 12 heteroatoms. The Morgan fingerprint density at radius 1 is 1.09 bits per heavy atom. The second kappa shape index (κ2) is 11.5. The zero-order valence-electron chi connectivity index (χ0n) is 17.4. The van der Waals surface area contributed by atoms with Crippen LogP contribution in [0.2, 0.25) is 0 Å². The molecule has 0 saturated carbocycles. The van der Waals surface area contributed by atoms with Crippen LogP contribution in [0, 0.1) is 0 Å². The van der Waals surface area contributed by atoms with Crippen LogP contribution in [-0.4, -0.2) is 75.4 Å². The van der Waals surface area contributed by atoms with Crippen molar-refractivity contribution in [3.8, 4) is 0 Å². The quantitative estimate of drug-likeness (QED) is 0.186. The van der Waals surface area contributed by atoms with Crippen LogP contribution in [0.5, 0.6) is 0 Å².